The van der Waals surface area contributed by atoms with E-state index < -0.39 is 21.6 Å². The molecule has 11 heteroatoms. The van der Waals surface area contributed by atoms with Crippen LogP contribution in [0.2, 0.25) is 0 Å². The Morgan fingerprint density at radius 3 is 1.52 bits per heavy atom. The summed E-state index contributed by atoms with van der Waals surface area (Å²) < 4.78 is 3.76. The molecule has 0 bridgehead atoms. The molecule has 0 spiro atoms. The molecule has 0 heterocycles. The van der Waals surface area contributed by atoms with Gasteiger partial charge in [-0.25, -0.2) is 0 Å². The van der Waals surface area contributed by atoms with Gasteiger partial charge in [-0.05, 0) is 24.3 Å². The van der Waals surface area contributed by atoms with Crippen LogP contribution in [0.25, 0.3) is 5.53 Å². The molecule has 0 saturated carbocycles. The number of carbonyl (C=O) groups excluding carboxylic acids is 1. The fraction of sp³-hybridized carbons (Fsp3) is 0.250. The number of aliphatic carboxylic acids is 1. The number of carbonyl (C=O) groups is 2. The molecular formula is C20H23BBr2N2O6. The Bertz CT molecular complexity index is 779. The minimum Gasteiger partial charge on any atom is -0.542 e. The molecule has 0 fully saturated rings. The normalized spacial score (nSPS) is 10.8. The van der Waals surface area contributed by atoms with E-state index in [2.05, 4.69) is 49.4 Å². The summed E-state index contributed by atoms with van der Waals surface area (Å²) in [5.41, 5.74) is 11.4. The Morgan fingerprint density at radius 1 is 0.935 bits per heavy atom. The molecule has 31 heavy (non-hydrogen) atoms. The van der Waals surface area contributed by atoms with Crippen molar-refractivity contribution in [2.45, 2.75) is 17.1 Å². The van der Waals surface area contributed by atoms with Crippen LogP contribution in [-0.2, 0) is 14.2 Å². The molecule has 2 aromatic carbocycles. The van der Waals surface area contributed by atoms with E-state index in [9.17, 15) is 9.59 Å². The summed E-state index contributed by atoms with van der Waals surface area (Å²) in [6.45, 7) is -0.675. The minimum absolute atomic E-state index is 0. The van der Waals surface area contributed by atoms with Gasteiger partial charge in [-0.15, -0.1) is 0 Å². The predicted octanol–water partition coefficient (Wildman–Crippen LogP) is 2.59. The van der Waals surface area contributed by atoms with Crippen LogP contribution in [0.3, 0.4) is 0 Å². The lowest BCUT2D eigenvalue weighted by Crippen LogP contribution is -2.19. The van der Waals surface area contributed by atoms with Crippen molar-refractivity contribution in [3.05, 3.63) is 77.3 Å². The monoisotopic (exact) mass is 556 g/mol. The maximum Gasteiger partial charge on any atom is 0.378 e. The number of aliphatic hydroxyl groups is 2. The van der Waals surface area contributed by atoms with Crippen LogP contribution in [0.5, 0.6) is 0 Å². The largest absolute Gasteiger partial charge is 0.542 e. The van der Waals surface area contributed by atoms with Gasteiger partial charge in [-0.3, -0.25) is 9.59 Å². The van der Waals surface area contributed by atoms with Crippen molar-refractivity contribution in [2.75, 3.05) is 13.2 Å². The van der Waals surface area contributed by atoms with E-state index in [0.717, 1.165) is 11.1 Å². The van der Waals surface area contributed by atoms with Gasteiger partial charge in [0, 0.05) is 0 Å². The van der Waals surface area contributed by atoms with Gasteiger partial charge < -0.3 is 25.5 Å². The third kappa shape index (κ3) is 12.9. The second-order valence-corrected chi connectivity index (χ2v) is 7.47. The Labute approximate surface area is 199 Å². The molecular weight excluding hydrogens is 535 g/mol. The first-order valence-electron chi connectivity index (χ1n) is 8.28. The van der Waals surface area contributed by atoms with Crippen molar-refractivity contribution in [2.24, 2.45) is 0 Å². The second-order valence-electron chi connectivity index (χ2n) is 5.26. The van der Waals surface area contributed by atoms with Crippen molar-refractivity contribution in [1.82, 2.24) is 0 Å². The Balaban J connectivity index is 0. The maximum atomic E-state index is 10.2. The summed E-state index contributed by atoms with van der Waals surface area (Å²) in [7, 11) is 4.46. The fourth-order valence-corrected chi connectivity index (χ4v) is 1.81. The molecule has 3 N–H and O–H groups in total. The first-order chi connectivity index (χ1) is 14.3. The summed E-state index contributed by atoms with van der Waals surface area (Å²) in [4.78, 5) is 21.7. The average Bonchev–Trinajstić information content (AvgIpc) is 2.80. The van der Waals surface area contributed by atoms with Gasteiger partial charge >= 0.3 is 25.7 Å². The zero-order valence-corrected chi connectivity index (χ0v) is 18.8. The number of hydrogen-bond donors (Lipinski definition) is 3. The van der Waals surface area contributed by atoms with Crippen LogP contribution in [0, 0.1) is 0 Å². The smallest absolute Gasteiger partial charge is 0.378 e. The van der Waals surface area contributed by atoms with Crippen molar-refractivity contribution in [3.8, 4) is 0 Å². The summed E-state index contributed by atoms with van der Waals surface area (Å²) in [5.74, 6) is -1.71. The lowest BCUT2D eigenvalue weighted by atomic mass is 10.0. The van der Waals surface area contributed by atoms with Crippen LogP contribution in [0.4, 0.5) is 0 Å². The molecule has 0 aliphatic heterocycles. The summed E-state index contributed by atoms with van der Waals surface area (Å²) in [6.07, 6.45) is 0. The van der Waals surface area contributed by atoms with E-state index >= 15 is 0 Å². The Hall–Kier alpha value is -2.30. The molecule has 2 aromatic rings. The van der Waals surface area contributed by atoms with Gasteiger partial charge in [0.15, 0.2) is 0 Å². The van der Waals surface area contributed by atoms with E-state index in [4.69, 9.17) is 20.9 Å². The lowest BCUT2D eigenvalue weighted by molar-refractivity contribution is -0.137. The molecule has 2 atom stereocenters. The predicted molar refractivity (Wildman–Crippen MR) is 126 cm³/mol. The number of carboxylic acids is 1. The molecule has 2 rings (SSSR count). The fourth-order valence-electron chi connectivity index (χ4n) is 1.70. The Kier molecular flexibility index (Phi) is 18.4. The first kappa shape index (κ1) is 30.9. The standard InChI is InChI=1S/C13H10N2.C3H4BBrO3.C3H5BrO3.CH4/c14-15-13(11-7-3-1-4-8-11)12-9-5-2-6-10-12;4-8-3(7)2(5)1-6;4-2(1-5)3(6)7;/h1-10H;2,6H,1H2;2,5H,1H2,(H,6,7);1H4/t;2*2-;/m.00./s1. The van der Waals surface area contributed by atoms with E-state index in [1.165, 1.54) is 0 Å². The van der Waals surface area contributed by atoms with Gasteiger partial charge in [0.25, 0.3) is 0 Å². The van der Waals surface area contributed by atoms with E-state index in [0.29, 0.717) is 5.71 Å². The second kappa shape index (κ2) is 18.5. The molecule has 166 valence electrons. The van der Waals surface area contributed by atoms with E-state index in [-0.39, 0.29) is 20.6 Å². The van der Waals surface area contributed by atoms with Crippen LogP contribution in [0.1, 0.15) is 18.6 Å². The average molecular weight is 558 g/mol. The molecule has 0 aliphatic carbocycles. The minimum atomic E-state index is -1.04. The van der Waals surface area contributed by atoms with Gasteiger partial charge in [-0.1, -0.05) is 75.7 Å². The summed E-state index contributed by atoms with van der Waals surface area (Å²) in [6, 6.07) is 19.2. The van der Waals surface area contributed by atoms with E-state index in [1.807, 2.05) is 60.7 Å². The number of alkyl halides is 2. The van der Waals surface area contributed by atoms with Gasteiger partial charge in [0.2, 0.25) is 0 Å². The maximum absolute atomic E-state index is 10.2. The topological polar surface area (TPSA) is 140 Å². The Morgan fingerprint density at radius 2 is 1.32 bits per heavy atom. The number of rotatable bonds is 6. The number of aliphatic hydroxyl groups excluding tert-OH is 2. The van der Waals surface area contributed by atoms with Gasteiger partial charge in [-0.2, -0.15) is 4.79 Å². The van der Waals surface area contributed by atoms with Crippen LogP contribution in [-0.4, -0.2) is 68.7 Å². The highest BCUT2D eigenvalue weighted by molar-refractivity contribution is 9.10. The summed E-state index contributed by atoms with van der Waals surface area (Å²) >= 11 is 5.49. The summed E-state index contributed by atoms with van der Waals surface area (Å²) in [5, 5.41) is 24.3. The highest BCUT2D eigenvalue weighted by Crippen LogP contribution is 2.08. The third-order valence-corrected chi connectivity index (χ3v) is 4.50. The zero-order valence-electron chi connectivity index (χ0n) is 15.6. The molecule has 0 unspecified atom stereocenters. The van der Waals surface area contributed by atoms with Crippen molar-refractivity contribution in [3.63, 3.8) is 0 Å². The molecule has 8 nitrogen and oxygen atoms in total. The highest BCUT2D eigenvalue weighted by atomic mass is 79.9. The number of carboxylic acid groups (broad SMARTS) is 1. The van der Waals surface area contributed by atoms with E-state index in [1.54, 1.807) is 0 Å². The van der Waals surface area contributed by atoms with Gasteiger partial charge in [0.1, 0.15) is 9.65 Å². The highest BCUT2D eigenvalue weighted by Gasteiger charge is 2.13. The SMILES string of the molecule is C.O=C(O)[C@@H](Br)CO.[B]OC(=O)[C@@H](Br)CO.[N-]=[N+]=C(c1ccccc1)c1ccccc1. The number of nitrogens with zero attached hydrogens (tertiary/aromatic N) is 2. The third-order valence-electron chi connectivity index (χ3n) is 3.15. The lowest BCUT2D eigenvalue weighted by Gasteiger charge is -2.01. The van der Waals surface area contributed by atoms with Crippen LogP contribution < -0.4 is 0 Å². The molecule has 2 radical (unpaired) electrons. The number of hydrogen-bond acceptors (Lipinski definition) is 5. The molecule has 0 aliphatic rings. The first-order valence-corrected chi connectivity index (χ1v) is 10.1. The van der Waals surface area contributed by atoms with Crippen molar-refractivity contribution in [1.29, 1.82) is 0 Å². The van der Waals surface area contributed by atoms with Gasteiger partial charge in [0.05, 0.1) is 24.3 Å². The van der Waals surface area contributed by atoms with Crippen LogP contribution >= 0.6 is 31.9 Å². The van der Waals surface area contributed by atoms with Crippen molar-refractivity contribution >= 4 is 57.6 Å². The molecule has 0 aromatic heterocycles. The number of halogens is 2. The van der Waals surface area contributed by atoms with Crippen LogP contribution in [0.15, 0.2) is 60.7 Å². The number of benzene rings is 2. The zero-order chi connectivity index (χ0) is 22.9. The quantitative estimate of drug-likeness (QED) is 0.164. The molecule has 0 amide bonds. The van der Waals surface area contributed by atoms with Crippen molar-refractivity contribution < 1.29 is 34.4 Å². The molecule has 0 saturated heterocycles.